The summed E-state index contributed by atoms with van der Waals surface area (Å²) in [7, 11) is 0. The minimum absolute atomic E-state index is 0.0639. The van der Waals surface area contributed by atoms with Crippen molar-refractivity contribution >= 4 is 32.6 Å². The fourth-order valence-electron chi connectivity index (χ4n) is 4.03. The monoisotopic (exact) mass is 497 g/mol. The van der Waals surface area contributed by atoms with Crippen molar-refractivity contribution in [1.29, 1.82) is 0 Å². The Balaban J connectivity index is 1.57. The van der Waals surface area contributed by atoms with E-state index in [0.29, 0.717) is 42.8 Å². The van der Waals surface area contributed by atoms with Crippen molar-refractivity contribution in [3.05, 3.63) is 42.0 Å². The van der Waals surface area contributed by atoms with Gasteiger partial charge in [0.2, 0.25) is 0 Å². The second-order valence-corrected chi connectivity index (χ2v) is 9.53. The first-order valence-corrected chi connectivity index (χ1v) is 13.4. The van der Waals surface area contributed by atoms with Gasteiger partial charge in [-0.3, -0.25) is 9.69 Å². The topological polar surface area (TPSA) is 64.1 Å². The van der Waals surface area contributed by atoms with Gasteiger partial charge < -0.3 is 19.1 Å². The highest BCUT2D eigenvalue weighted by atomic mass is 32.1. The predicted molar refractivity (Wildman–Crippen MR) is 142 cm³/mol. The summed E-state index contributed by atoms with van der Waals surface area (Å²) in [4.78, 5) is 22.6. The highest BCUT2D eigenvalue weighted by Gasteiger charge is 2.23. The van der Waals surface area contributed by atoms with Crippen LogP contribution in [0.25, 0.3) is 10.2 Å². The molecule has 0 aliphatic carbocycles. The molecule has 0 atom stereocenters. The molecule has 3 aromatic rings. The van der Waals surface area contributed by atoms with Crippen LogP contribution in [0.3, 0.4) is 0 Å². The maximum absolute atomic E-state index is 13.7. The van der Waals surface area contributed by atoms with Crippen LogP contribution in [-0.4, -0.2) is 61.8 Å². The number of benzene rings is 2. The fraction of sp³-hybridized carbons (Fsp3) is 0.481. The highest BCUT2D eigenvalue weighted by Crippen LogP contribution is 2.39. The number of nitrogens with zero attached hydrogens (tertiary/aromatic N) is 3. The summed E-state index contributed by atoms with van der Waals surface area (Å²) in [5.74, 6) is 2.16. The van der Waals surface area contributed by atoms with Crippen molar-refractivity contribution in [2.24, 2.45) is 0 Å². The molecule has 1 amide bonds. The van der Waals surface area contributed by atoms with Gasteiger partial charge in [0.25, 0.3) is 5.91 Å². The molecular weight excluding hydrogens is 462 g/mol. The van der Waals surface area contributed by atoms with E-state index in [2.05, 4.69) is 25.7 Å². The Kier molecular flexibility index (Phi) is 8.82. The molecule has 0 N–H and O–H groups in total. The van der Waals surface area contributed by atoms with Crippen molar-refractivity contribution in [1.82, 2.24) is 9.88 Å². The van der Waals surface area contributed by atoms with Gasteiger partial charge in [0.15, 0.2) is 16.6 Å². The maximum Gasteiger partial charge on any atom is 0.260 e. The van der Waals surface area contributed by atoms with Crippen LogP contribution in [0.4, 0.5) is 5.13 Å². The third kappa shape index (κ3) is 6.24. The highest BCUT2D eigenvalue weighted by molar-refractivity contribution is 7.22. The number of amides is 1. The first-order chi connectivity index (χ1) is 17.1. The Labute approximate surface area is 211 Å². The van der Waals surface area contributed by atoms with E-state index < -0.39 is 0 Å². The molecule has 8 heteroatoms. The van der Waals surface area contributed by atoms with E-state index in [-0.39, 0.29) is 5.91 Å². The van der Waals surface area contributed by atoms with Gasteiger partial charge in [0, 0.05) is 30.8 Å². The molecule has 1 aliphatic rings. The normalized spacial score (nSPS) is 12.8. The average Bonchev–Trinajstić information content (AvgIpc) is 3.30. The molecule has 35 heavy (non-hydrogen) atoms. The summed E-state index contributed by atoms with van der Waals surface area (Å²) < 4.78 is 18.2. The minimum atomic E-state index is -0.0639. The van der Waals surface area contributed by atoms with Gasteiger partial charge in [0.1, 0.15) is 19.0 Å². The van der Waals surface area contributed by atoms with Crippen molar-refractivity contribution in [2.75, 3.05) is 50.9 Å². The Morgan fingerprint density at radius 2 is 1.71 bits per heavy atom. The standard InChI is InChI=1S/C27H35N3O4S/c1-4-7-8-15-32-21-11-9-20(10-12-21)26(31)30(14-13-29(5-2)6-3)27-28-22-18-23-24(19-25(22)35-27)34-17-16-33-23/h9-12,18-19H,4-8,13-17H2,1-3H3. The molecule has 0 bridgehead atoms. The van der Waals surface area contributed by atoms with E-state index in [4.69, 9.17) is 19.2 Å². The zero-order chi connectivity index (χ0) is 24.6. The third-order valence-electron chi connectivity index (χ3n) is 6.17. The number of anilines is 1. The maximum atomic E-state index is 13.7. The molecule has 1 aromatic heterocycles. The first-order valence-electron chi connectivity index (χ1n) is 12.6. The number of aromatic nitrogens is 1. The van der Waals surface area contributed by atoms with E-state index in [9.17, 15) is 4.79 Å². The number of rotatable bonds is 12. The number of fused-ring (bicyclic) bond motifs is 2. The van der Waals surface area contributed by atoms with Crippen molar-refractivity contribution in [3.63, 3.8) is 0 Å². The van der Waals surface area contributed by atoms with Gasteiger partial charge >= 0.3 is 0 Å². The Morgan fingerprint density at radius 1 is 1.00 bits per heavy atom. The van der Waals surface area contributed by atoms with E-state index in [1.54, 1.807) is 4.90 Å². The number of unbranched alkanes of at least 4 members (excludes halogenated alkanes) is 2. The molecular formula is C27H35N3O4S. The molecule has 7 nitrogen and oxygen atoms in total. The van der Waals surface area contributed by atoms with Gasteiger partial charge in [-0.1, -0.05) is 44.9 Å². The fourth-order valence-corrected chi connectivity index (χ4v) is 5.03. The summed E-state index contributed by atoms with van der Waals surface area (Å²) in [5, 5.41) is 0.680. The molecule has 0 unspecified atom stereocenters. The van der Waals surface area contributed by atoms with Crippen molar-refractivity contribution < 1.29 is 19.0 Å². The van der Waals surface area contributed by atoms with Gasteiger partial charge in [0.05, 0.1) is 16.8 Å². The number of ether oxygens (including phenoxy) is 3. The van der Waals surface area contributed by atoms with Crippen LogP contribution in [0.1, 0.15) is 50.4 Å². The van der Waals surface area contributed by atoms with Gasteiger partial charge in [-0.05, 0) is 43.8 Å². The lowest BCUT2D eigenvalue weighted by Gasteiger charge is -2.24. The van der Waals surface area contributed by atoms with Crippen molar-refractivity contribution in [2.45, 2.75) is 40.0 Å². The van der Waals surface area contributed by atoms with Gasteiger partial charge in [-0.2, -0.15) is 0 Å². The number of carbonyl (C=O) groups excluding carboxylic acids is 1. The molecule has 0 saturated carbocycles. The Morgan fingerprint density at radius 3 is 2.40 bits per heavy atom. The zero-order valence-electron chi connectivity index (χ0n) is 20.9. The number of likely N-dealkylation sites (N-methyl/N-ethyl adjacent to an activating group) is 1. The molecule has 2 heterocycles. The molecule has 0 spiro atoms. The van der Waals surface area contributed by atoms with Crippen LogP contribution in [0.15, 0.2) is 36.4 Å². The summed E-state index contributed by atoms with van der Waals surface area (Å²) in [6.07, 6.45) is 3.35. The Bertz CT molecular complexity index is 1070. The van der Waals surface area contributed by atoms with E-state index in [1.807, 2.05) is 36.4 Å². The largest absolute Gasteiger partial charge is 0.494 e. The van der Waals surface area contributed by atoms with Crippen LogP contribution in [0.5, 0.6) is 17.2 Å². The third-order valence-corrected chi connectivity index (χ3v) is 7.21. The molecule has 0 saturated heterocycles. The quantitative estimate of drug-likeness (QED) is 0.303. The lowest BCUT2D eigenvalue weighted by Crippen LogP contribution is -2.38. The number of thiazole rings is 1. The summed E-state index contributed by atoms with van der Waals surface area (Å²) in [6, 6.07) is 11.3. The smallest absolute Gasteiger partial charge is 0.260 e. The summed E-state index contributed by atoms with van der Waals surface area (Å²) in [5.41, 5.74) is 1.43. The van der Waals surface area contributed by atoms with Crippen molar-refractivity contribution in [3.8, 4) is 17.2 Å². The van der Waals surface area contributed by atoms with E-state index in [0.717, 1.165) is 60.6 Å². The number of carbonyl (C=O) groups is 1. The minimum Gasteiger partial charge on any atom is -0.494 e. The molecule has 188 valence electrons. The van der Waals surface area contributed by atoms with Gasteiger partial charge in [-0.25, -0.2) is 4.98 Å². The average molecular weight is 498 g/mol. The lowest BCUT2D eigenvalue weighted by atomic mass is 10.2. The van der Waals surface area contributed by atoms with E-state index in [1.165, 1.54) is 11.3 Å². The van der Waals surface area contributed by atoms with Crippen LogP contribution in [0.2, 0.25) is 0 Å². The van der Waals surface area contributed by atoms with Crippen LogP contribution in [-0.2, 0) is 0 Å². The van der Waals surface area contributed by atoms with Crippen LogP contribution in [0, 0.1) is 0 Å². The second-order valence-electron chi connectivity index (χ2n) is 8.52. The predicted octanol–water partition coefficient (Wildman–Crippen LogP) is 5.63. The molecule has 2 aromatic carbocycles. The first kappa shape index (κ1) is 25.3. The number of hydrogen-bond donors (Lipinski definition) is 0. The zero-order valence-corrected chi connectivity index (χ0v) is 21.7. The number of hydrogen-bond acceptors (Lipinski definition) is 7. The lowest BCUT2D eigenvalue weighted by molar-refractivity contribution is 0.0983. The van der Waals surface area contributed by atoms with Crippen LogP contribution >= 0.6 is 11.3 Å². The van der Waals surface area contributed by atoms with Gasteiger partial charge in [-0.15, -0.1) is 0 Å². The molecule has 0 radical (unpaired) electrons. The Hall–Kier alpha value is -2.84. The molecule has 4 rings (SSSR count). The second kappa shape index (κ2) is 12.2. The summed E-state index contributed by atoms with van der Waals surface area (Å²) >= 11 is 1.50. The molecule has 1 aliphatic heterocycles. The van der Waals surface area contributed by atoms with Crippen LogP contribution < -0.4 is 19.1 Å². The summed E-state index contributed by atoms with van der Waals surface area (Å²) in [6.45, 7) is 11.4. The van der Waals surface area contributed by atoms with E-state index >= 15 is 0 Å². The SMILES string of the molecule is CCCCCOc1ccc(C(=O)N(CCN(CC)CC)c2nc3cc4c(cc3s2)OCCO4)cc1. The molecule has 0 fully saturated rings.